The van der Waals surface area contributed by atoms with E-state index in [4.69, 9.17) is 4.74 Å². The molecule has 0 aliphatic carbocycles. The number of hydrogen-bond acceptors (Lipinski definition) is 3. The number of benzene rings is 1. The van der Waals surface area contributed by atoms with Gasteiger partial charge < -0.3 is 9.84 Å². The minimum atomic E-state index is 0.147. The van der Waals surface area contributed by atoms with Gasteiger partial charge in [-0.05, 0) is 37.6 Å². The lowest BCUT2D eigenvalue weighted by molar-refractivity contribution is 0.373. The summed E-state index contributed by atoms with van der Waals surface area (Å²) in [5.74, 6) is 0.618. The van der Waals surface area contributed by atoms with Crippen LogP contribution in [0.1, 0.15) is 19.4 Å². The van der Waals surface area contributed by atoms with Gasteiger partial charge in [0.1, 0.15) is 0 Å². The van der Waals surface area contributed by atoms with Crippen molar-refractivity contribution in [3.05, 3.63) is 23.8 Å². The minimum absolute atomic E-state index is 0.147. The molecule has 1 aromatic rings. The lowest BCUT2D eigenvalue weighted by Crippen LogP contribution is -1.91. The Morgan fingerprint density at radius 3 is 2.71 bits per heavy atom. The Kier molecular flexibility index (Phi) is 3.51. The average Bonchev–Trinajstić information content (AvgIpc) is 2.16. The Bertz CT molecular complexity index is 332. The van der Waals surface area contributed by atoms with E-state index in [1.54, 1.807) is 24.4 Å². The fourth-order valence-corrected chi connectivity index (χ4v) is 1.01. The smallest absolute Gasteiger partial charge is 0.161 e. The van der Waals surface area contributed by atoms with Crippen molar-refractivity contribution in [3.8, 4) is 11.5 Å². The van der Waals surface area contributed by atoms with E-state index in [-0.39, 0.29) is 11.8 Å². The number of nitrogens with zero attached hydrogens (tertiary/aromatic N) is 1. The molecule has 14 heavy (non-hydrogen) atoms. The van der Waals surface area contributed by atoms with Crippen LogP contribution in [0, 0.1) is 0 Å². The van der Waals surface area contributed by atoms with Crippen LogP contribution >= 0.6 is 0 Å². The zero-order valence-electron chi connectivity index (χ0n) is 8.69. The van der Waals surface area contributed by atoms with Gasteiger partial charge in [0, 0.05) is 12.3 Å². The van der Waals surface area contributed by atoms with Gasteiger partial charge in [0.05, 0.1) is 7.11 Å². The van der Waals surface area contributed by atoms with E-state index in [2.05, 4.69) is 4.99 Å². The molecule has 3 heteroatoms. The fourth-order valence-electron chi connectivity index (χ4n) is 1.01. The monoisotopic (exact) mass is 193 g/mol. The third kappa shape index (κ3) is 2.76. The number of rotatable bonds is 3. The summed E-state index contributed by atoms with van der Waals surface area (Å²) in [6, 6.07) is 5.42. The third-order valence-electron chi connectivity index (χ3n) is 1.73. The third-order valence-corrected chi connectivity index (χ3v) is 1.73. The Morgan fingerprint density at radius 2 is 2.14 bits per heavy atom. The Labute approximate surface area is 84.1 Å². The van der Waals surface area contributed by atoms with Crippen molar-refractivity contribution in [2.45, 2.75) is 19.9 Å². The van der Waals surface area contributed by atoms with Crippen LogP contribution in [0.2, 0.25) is 0 Å². The van der Waals surface area contributed by atoms with E-state index in [0.717, 1.165) is 5.56 Å². The number of methoxy groups -OCH3 is 1. The van der Waals surface area contributed by atoms with Crippen molar-refractivity contribution in [2.24, 2.45) is 4.99 Å². The van der Waals surface area contributed by atoms with Crippen LogP contribution in [-0.4, -0.2) is 24.5 Å². The second-order valence-electron chi connectivity index (χ2n) is 3.30. The van der Waals surface area contributed by atoms with Crippen LogP contribution in [0.15, 0.2) is 23.2 Å². The Balaban J connectivity index is 2.89. The number of hydrogen-bond donors (Lipinski definition) is 1. The normalized spacial score (nSPS) is 11.1. The Morgan fingerprint density at radius 1 is 1.43 bits per heavy atom. The summed E-state index contributed by atoms with van der Waals surface area (Å²) >= 11 is 0. The van der Waals surface area contributed by atoms with Gasteiger partial charge in [0.15, 0.2) is 11.5 Å². The van der Waals surface area contributed by atoms with E-state index in [0.29, 0.717) is 5.75 Å². The molecular weight excluding hydrogens is 178 g/mol. The number of aliphatic imine (C=N–C) groups is 1. The molecule has 0 heterocycles. The summed E-state index contributed by atoms with van der Waals surface area (Å²) in [4.78, 5) is 4.24. The predicted octanol–water partition coefficient (Wildman–Crippen LogP) is 2.23. The molecule has 1 N–H and O–H groups in total. The number of phenols is 1. The molecule has 0 aromatic heterocycles. The lowest BCUT2D eigenvalue weighted by Gasteiger charge is -2.03. The predicted molar refractivity (Wildman–Crippen MR) is 57.4 cm³/mol. The first-order chi connectivity index (χ1) is 6.63. The maximum atomic E-state index is 9.34. The van der Waals surface area contributed by atoms with Gasteiger partial charge in [-0.25, -0.2) is 0 Å². The molecule has 0 saturated carbocycles. The molecular formula is C11H15NO2. The summed E-state index contributed by atoms with van der Waals surface area (Å²) < 4.78 is 4.98. The minimum Gasteiger partial charge on any atom is -0.504 e. The Hall–Kier alpha value is -1.51. The van der Waals surface area contributed by atoms with Crippen LogP contribution in [-0.2, 0) is 0 Å². The molecule has 0 amide bonds. The summed E-state index contributed by atoms with van der Waals surface area (Å²) in [6.45, 7) is 4.02. The maximum absolute atomic E-state index is 9.34. The molecule has 0 radical (unpaired) electrons. The molecule has 0 atom stereocenters. The first-order valence-electron chi connectivity index (χ1n) is 4.53. The second-order valence-corrected chi connectivity index (χ2v) is 3.30. The SMILES string of the molecule is COc1cc(/C=N\C(C)C)ccc1O. The molecule has 1 rings (SSSR count). The van der Waals surface area contributed by atoms with Crippen molar-refractivity contribution in [2.75, 3.05) is 7.11 Å². The topological polar surface area (TPSA) is 41.8 Å². The second kappa shape index (κ2) is 4.65. The van der Waals surface area contributed by atoms with Gasteiger partial charge in [0.2, 0.25) is 0 Å². The first-order valence-corrected chi connectivity index (χ1v) is 4.53. The molecule has 0 saturated heterocycles. The fraction of sp³-hybridized carbons (Fsp3) is 0.364. The molecule has 3 nitrogen and oxygen atoms in total. The van der Waals surface area contributed by atoms with Crippen LogP contribution in [0.4, 0.5) is 0 Å². The number of aromatic hydroxyl groups is 1. The average molecular weight is 193 g/mol. The summed E-state index contributed by atoms with van der Waals surface area (Å²) in [5, 5.41) is 9.34. The van der Waals surface area contributed by atoms with Gasteiger partial charge in [-0.1, -0.05) is 0 Å². The van der Waals surface area contributed by atoms with Gasteiger partial charge in [-0.2, -0.15) is 0 Å². The van der Waals surface area contributed by atoms with E-state index in [1.807, 2.05) is 13.8 Å². The lowest BCUT2D eigenvalue weighted by atomic mass is 10.2. The molecule has 1 aromatic carbocycles. The zero-order chi connectivity index (χ0) is 10.6. The highest BCUT2D eigenvalue weighted by Gasteiger charge is 2.00. The quantitative estimate of drug-likeness (QED) is 0.748. The molecule has 0 spiro atoms. The van der Waals surface area contributed by atoms with Gasteiger partial charge in [0.25, 0.3) is 0 Å². The highest BCUT2D eigenvalue weighted by molar-refractivity contribution is 5.80. The molecule has 0 aliphatic rings. The standard InChI is InChI=1S/C11H15NO2/c1-8(2)12-7-9-4-5-10(13)11(6-9)14-3/h4-8,13H,1-3H3/b12-7-. The van der Waals surface area contributed by atoms with E-state index in [9.17, 15) is 5.11 Å². The van der Waals surface area contributed by atoms with Gasteiger partial charge in [-0.3, -0.25) is 4.99 Å². The van der Waals surface area contributed by atoms with Crippen LogP contribution in [0.3, 0.4) is 0 Å². The summed E-state index contributed by atoms with van der Waals surface area (Å²) in [5.41, 5.74) is 0.924. The van der Waals surface area contributed by atoms with Crippen molar-refractivity contribution in [1.82, 2.24) is 0 Å². The zero-order valence-corrected chi connectivity index (χ0v) is 8.69. The van der Waals surface area contributed by atoms with Crippen LogP contribution < -0.4 is 4.74 Å². The van der Waals surface area contributed by atoms with Crippen molar-refractivity contribution >= 4 is 6.21 Å². The van der Waals surface area contributed by atoms with E-state index < -0.39 is 0 Å². The number of ether oxygens (including phenoxy) is 1. The van der Waals surface area contributed by atoms with Gasteiger partial charge in [-0.15, -0.1) is 0 Å². The first kappa shape index (κ1) is 10.6. The molecule has 0 aliphatic heterocycles. The summed E-state index contributed by atoms with van der Waals surface area (Å²) in [7, 11) is 1.53. The van der Waals surface area contributed by atoms with E-state index >= 15 is 0 Å². The van der Waals surface area contributed by atoms with Crippen molar-refractivity contribution in [3.63, 3.8) is 0 Å². The van der Waals surface area contributed by atoms with Crippen molar-refractivity contribution < 1.29 is 9.84 Å². The molecule has 0 bridgehead atoms. The van der Waals surface area contributed by atoms with Gasteiger partial charge >= 0.3 is 0 Å². The van der Waals surface area contributed by atoms with E-state index in [1.165, 1.54) is 7.11 Å². The highest BCUT2D eigenvalue weighted by atomic mass is 16.5. The number of phenolic OH excluding ortho intramolecular Hbond substituents is 1. The molecule has 76 valence electrons. The van der Waals surface area contributed by atoms with Crippen molar-refractivity contribution in [1.29, 1.82) is 0 Å². The highest BCUT2D eigenvalue weighted by Crippen LogP contribution is 2.25. The molecule has 0 unspecified atom stereocenters. The molecule has 0 fully saturated rings. The van der Waals surface area contributed by atoms with Crippen LogP contribution in [0.5, 0.6) is 11.5 Å². The summed E-state index contributed by atoms with van der Waals surface area (Å²) in [6.07, 6.45) is 1.77. The largest absolute Gasteiger partial charge is 0.504 e. The van der Waals surface area contributed by atoms with Crippen LogP contribution in [0.25, 0.3) is 0 Å². The maximum Gasteiger partial charge on any atom is 0.161 e.